The van der Waals surface area contributed by atoms with Crippen LogP contribution in [0.4, 0.5) is 0 Å². The average Bonchev–Trinajstić information content (AvgIpc) is 2.72. The highest BCUT2D eigenvalue weighted by Crippen LogP contribution is 2.35. The van der Waals surface area contributed by atoms with E-state index < -0.39 is 6.10 Å². The zero-order valence-corrected chi connectivity index (χ0v) is 8.74. The molecule has 0 spiro atoms. The van der Waals surface area contributed by atoms with Crippen LogP contribution in [0.2, 0.25) is 0 Å². The molecule has 0 saturated heterocycles. The summed E-state index contributed by atoms with van der Waals surface area (Å²) in [6.45, 7) is 0.409. The summed E-state index contributed by atoms with van der Waals surface area (Å²) < 4.78 is 15.6. The second-order valence-electron chi connectivity index (χ2n) is 3.13. The Bertz CT molecular complexity index is 342. The Kier molecular flexibility index (Phi) is 3.18. The summed E-state index contributed by atoms with van der Waals surface area (Å²) in [5.74, 6) is 2.15. The first-order chi connectivity index (χ1) is 7.29. The number of benzene rings is 1. The van der Waals surface area contributed by atoms with Gasteiger partial charge in [0.05, 0.1) is 5.88 Å². The topological polar surface area (TPSA) is 47.9 Å². The minimum absolute atomic E-state index is 0.157. The third-order valence-electron chi connectivity index (χ3n) is 1.96. The largest absolute Gasteiger partial charge is 0.491 e. The fourth-order valence-electron chi connectivity index (χ4n) is 1.20. The summed E-state index contributed by atoms with van der Waals surface area (Å²) in [6.07, 6.45) is -0.655. The molecule has 1 N–H and O–H groups in total. The van der Waals surface area contributed by atoms with E-state index >= 15 is 0 Å². The van der Waals surface area contributed by atoms with Crippen molar-refractivity contribution in [3.63, 3.8) is 0 Å². The van der Waals surface area contributed by atoms with Crippen molar-refractivity contribution in [3.8, 4) is 17.2 Å². The number of rotatable bonds is 4. The SMILES string of the molecule is OC(CCl)COc1ccc2c(c1)OCO2. The number of aliphatic hydroxyl groups excluding tert-OH is 1. The summed E-state index contributed by atoms with van der Waals surface area (Å²) >= 11 is 5.44. The van der Waals surface area contributed by atoms with Crippen molar-refractivity contribution in [1.29, 1.82) is 0 Å². The predicted molar refractivity (Wildman–Crippen MR) is 54.8 cm³/mol. The number of aliphatic hydroxyl groups is 1. The Labute approximate surface area is 92.3 Å². The van der Waals surface area contributed by atoms with Gasteiger partial charge >= 0.3 is 0 Å². The maximum absolute atomic E-state index is 9.20. The van der Waals surface area contributed by atoms with Crippen LogP contribution in [0.15, 0.2) is 18.2 Å². The second-order valence-corrected chi connectivity index (χ2v) is 3.44. The minimum Gasteiger partial charge on any atom is -0.491 e. The quantitative estimate of drug-likeness (QED) is 0.795. The second kappa shape index (κ2) is 4.59. The molecule has 1 aromatic rings. The molecule has 0 aliphatic carbocycles. The van der Waals surface area contributed by atoms with Gasteiger partial charge in [-0.15, -0.1) is 11.6 Å². The third kappa shape index (κ3) is 2.46. The molecule has 0 bridgehead atoms. The summed E-state index contributed by atoms with van der Waals surface area (Å²) in [5, 5.41) is 9.20. The predicted octanol–water partition coefficient (Wildman–Crippen LogP) is 1.39. The lowest BCUT2D eigenvalue weighted by molar-refractivity contribution is 0.125. The maximum Gasteiger partial charge on any atom is 0.231 e. The van der Waals surface area contributed by atoms with Gasteiger partial charge in [0.15, 0.2) is 11.5 Å². The van der Waals surface area contributed by atoms with Gasteiger partial charge in [-0.05, 0) is 12.1 Å². The van der Waals surface area contributed by atoms with Crippen LogP contribution in [-0.4, -0.2) is 30.5 Å². The van der Waals surface area contributed by atoms with E-state index in [-0.39, 0.29) is 19.3 Å². The number of hydrogen-bond acceptors (Lipinski definition) is 4. The molecule has 0 fully saturated rings. The van der Waals surface area contributed by atoms with Crippen LogP contribution >= 0.6 is 11.6 Å². The van der Waals surface area contributed by atoms with Crippen molar-refractivity contribution in [2.75, 3.05) is 19.3 Å². The van der Waals surface area contributed by atoms with E-state index in [1.807, 2.05) is 0 Å². The van der Waals surface area contributed by atoms with E-state index in [1.54, 1.807) is 18.2 Å². The Morgan fingerprint density at radius 2 is 2.20 bits per heavy atom. The first kappa shape index (κ1) is 10.4. The van der Waals surface area contributed by atoms with Gasteiger partial charge in [0, 0.05) is 6.07 Å². The maximum atomic E-state index is 9.20. The number of hydrogen-bond donors (Lipinski definition) is 1. The van der Waals surface area contributed by atoms with Crippen LogP contribution in [0.5, 0.6) is 17.2 Å². The summed E-state index contributed by atoms with van der Waals surface area (Å²) in [4.78, 5) is 0. The molecule has 2 rings (SSSR count). The molecule has 0 saturated carbocycles. The van der Waals surface area contributed by atoms with Gasteiger partial charge in [-0.1, -0.05) is 0 Å². The molecule has 82 valence electrons. The lowest BCUT2D eigenvalue weighted by Gasteiger charge is -2.09. The van der Waals surface area contributed by atoms with Gasteiger partial charge in [0.1, 0.15) is 18.5 Å². The lowest BCUT2D eigenvalue weighted by Crippen LogP contribution is -2.18. The minimum atomic E-state index is -0.655. The van der Waals surface area contributed by atoms with E-state index in [4.69, 9.17) is 25.8 Å². The molecule has 4 nitrogen and oxygen atoms in total. The van der Waals surface area contributed by atoms with Crippen molar-refractivity contribution in [1.82, 2.24) is 0 Å². The standard InChI is InChI=1S/C10H11ClO4/c11-4-7(12)5-13-8-1-2-9-10(3-8)15-6-14-9/h1-3,7,12H,4-6H2. The first-order valence-corrected chi connectivity index (χ1v) is 5.09. The van der Waals surface area contributed by atoms with E-state index in [2.05, 4.69) is 0 Å². The molecule has 1 atom stereocenters. The van der Waals surface area contributed by atoms with Crippen LogP contribution in [0.25, 0.3) is 0 Å². The summed E-state index contributed by atoms with van der Waals surface area (Å²) in [5.41, 5.74) is 0. The Hall–Kier alpha value is -1.13. The first-order valence-electron chi connectivity index (χ1n) is 4.56. The van der Waals surface area contributed by atoms with Gasteiger partial charge < -0.3 is 19.3 Å². The highest BCUT2D eigenvalue weighted by Gasteiger charge is 2.14. The van der Waals surface area contributed by atoms with Crippen LogP contribution in [0.1, 0.15) is 0 Å². The number of alkyl halides is 1. The van der Waals surface area contributed by atoms with Crippen LogP contribution < -0.4 is 14.2 Å². The average molecular weight is 231 g/mol. The number of halogens is 1. The monoisotopic (exact) mass is 230 g/mol. The third-order valence-corrected chi connectivity index (χ3v) is 2.32. The van der Waals surface area contributed by atoms with Gasteiger partial charge in [0.25, 0.3) is 0 Å². The summed E-state index contributed by atoms with van der Waals surface area (Å²) in [6, 6.07) is 5.25. The fourth-order valence-corrected chi connectivity index (χ4v) is 1.29. The highest BCUT2D eigenvalue weighted by molar-refractivity contribution is 6.18. The number of fused-ring (bicyclic) bond motifs is 1. The fraction of sp³-hybridized carbons (Fsp3) is 0.400. The smallest absolute Gasteiger partial charge is 0.231 e. The van der Waals surface area contributed by atoms with Crippen molar-refractivity contribution in [3.05, 3.63) is 18.2 Å². The van der Waals surface area contributed by atoms with Gasteiger partial charge in [-0.25, -0.2) is 0 Å². The Morgan fingerprint density at radius 3 is 3.00 bits per heavy atom. The van der Waals surface area contributed by atoms with Gasteiger partial charge in [-0.3, -0.25) is 0 Å². The molecular weight excluding hydrogens is 220 g/mol. The van der Waals surface area contributed by atoms with E-state index in [1.165, 1.54) is 0 Å². The molecule has 1 heterocycles. The number of ether oxygens (including phenoxy) is 3. The zero-order valence-electron chi connectivity index (χ0n) is 7.98. The summed E-state index contributed by atoms with van der Waals surface area (Å²) in [7, 11) is 0. The Balaban J connectivity index is 1.98. The molecule has 1 aliphatic heterocycles. The highest BCUT2D eigenvalue weighted by atomic mass is 35.5. The Morgan fingerprint density at radius 1 is 1.40 bits per heavy atom. The van der Waals surface area contributed by atoms with Crippen molar-refractivity contribution in [2.24, 2.45) is 0 Å². The normalized spacial score (nSPS) is 15.1. The molecule has 1 unspecified atom stereocenters. The van der Waals surface area contributed by atoms with E-state index in [9.17, 15) is 5.11 Å². The molecule has 1 aliphatic rings. The van der Waals surface area contributed by atoms with Crippen LogP contribution in [0.3, 0.4) is 0 Å². The van der Waals surface area contributed by atoms with Crippen molar-refractivity contribution in [2.45, 2.75) is 6.10 Å². The molecule has 0 amide bonds. The molecule has 0 radical (unpaired) electrons. The molecule has 0 aromatic heterocycles. The van der Waals surface area contributed by atoms with Crippen LogP contribution in [-0.2, 0) is 0 Å². The van der Waals surface area contributed by atoms with Crippen molar-refractivity contribution < 1.29 is 19.3 Å². The zero-order chi connectivity index (χ0) is 10.7. The van der Waals surface area contributed by atoms with E-state index in [0.717, 1.165) is 0 Å². The molecule has 1 aromatic carbocycles. The van der Waals surface area contributed by atoms with Gasteiger partial charge in [-0.2, -0.15) is 0 Å². The molecule has 15 heavy (non-hydrogen) atoms. The molecule has 5 heteroatoms. The van der Waals surface area contributed by atoms with Crippen LogP contribution in [0, 0.1) is 0 Å². The molecular formula is C10H11ClO4. The van der Waals surface area contributed by atoms with E-state index in [0.29, 0.717) is 17.2 Å². The van der Waals surface area contributed by atoms with Crippen molar-refractivity contribution >= 4 is 11.6 Å². The van der Waals surface area contributed by atoms with Gasteiger partial charge in [0.2, 0.25) is 6.79 Å². The lowest BCUT2D eigenvalue weighted by atomic mass is 10.3.